The van der Waals surface area contributed by atoms with Crippen molar-refractivity contribution in [3.63, 3.8) is 0 Å². The van der Waals surface area contributed by atoms with Gasteiger partial charge in [-0.15, -0.1) is 0 Å². The van der Waals surface area contributed by atoms with Crippen LogP contribution in [0.15, 0.2) is 54.6 Å². The summed E-state index contributed by atoms with van der Waals surface area (Å²) in [7, 11) is 0. The number of amides is 1. The van der Waals surface area contributed by atoms with E-state index in [-0.39, 0.29) is 13.0 Å². The molecule has 6 nitrogen and oxygen atoms in total. The predicted octanol–water partition coefficient (Wildman–Crippen LogP) is 3.37. The van der Waals surface area contributed by atoms with Crippen LogP contribution in [0.2, 0.25) is 0 Å². The second kappa shape index (κ2) is 10.8. The standard InChI is InChI=1S/C21H23NO5/c1-2-3-13-26-21(25)17-9-11-18(12-10-17)22-19(23)15-27-20(24)14-16-7-5-4-6-8-16/h4-12H,2-3,13-15H2,1H3,(H,22,23). The van der Waals surface area contributed by atoms with Crippen LogP contribution in [-0.4, -0.2) is 31.1 Å². The van der Waals surface area contributed by atoms with E-state index in [9.17, 15) is 14.4 Å². The summed E-state index contributed by atoms with van der Waals surface area (Å²) in [5.41, 5.74) is 1.74. The number of carbonyl (C=O) groups is 3. The third-order valence-electron chi connectivity index (χ3n) is 3.69. The van der Waals surface area contributed by atoms with Crippen molar-refractivity contribution in [2.45, 2.75) is 26.2 Å². The molecule has 0 aliphatic rings. The zero-order chi connectivity index (χ0) is 19.5. The number of ether oxygens (including phenoxy) is 2. The number of hydrogen-bond acceptors (Lipinski definition) is 5. The lowest BCUT2D eigenvalue weighted by Crippen LogP contribution is -2.21. The number of nitrogens with one attached hydrogen (secondary N) is 1. The molecule has 0 aromatic heterocycles. The van der Waals surface area contributed by atoms with Crippen molar-refractivity contribution >= 4 is 23.5 Å². The minimum absolute atomic E-state index is 0.114. The molecule has 6 heteroatoms. The molecule has 0 spiro atoms. The fourth-order valence-electron chi connectivity index (χ4n) is 2.24. The quantitative estimate of drug-likeness (QED) is 0.541. The Labute approximate surface area is 158 Å². The second-order valence-corrected chi connectivity index (χ2v) is 5.94. The normalized spacial score (nSPS) is 10.1. The number of unbranched alkanes of at least 4 members (excludes halogenated alkanes) is 1. The maximum Gasteiger partial charge on any atom is 0.338 e. The average molecular weight is 369 g/mol. The first-order valence-corrected chi connectivity index (χ1v) is 8.85. The molecule has 0 aliphatic heterocycles. The van der Waals surface area contributed by atoms with Gasteiger partial charge in [-0.2, -0.15) is 0 Å². The van der Waals surface area contributed by atoms with Crippen molar-refractivity contribution in [3.8, 4) is 0 Å². The van der Waals surface area contributed by atoms with Crippen molar-refractivity contribution in [1.82, 2.24) is 0 Å². The van der Waals surface area contributed by atoms with Gasteiger partial charge in [0.25, 0.3) is 5.91 Å². The zero-order valence-corrected chi connectivity index (χ0v) is 15.3. The fourth-order valence-corrected chi connectivity index (χ4v) is 2.24. The molecule has 0 heterocycles. The third kappa shape index (κ3) is 7.32. The number of hydrogen-bond donors (Lipinski definition) is 1. The van der Waals surface area contributed by atoms with Crippen LogP contribution in [0.4, 0.5) is 5.69 Å². The Hall–Kier alpha value is -3.15. The summed E-state index contributed by atoms with van der Waals surface area (Å²) in [4.78, 5) is 35.4. The van der Waals surface area contributed by atoms with Gasteiger partial charge in [-0.3, -0.25) is 9.59 Å². The Kier molecular flexibility index (Phi) is 8.03. The summed E-state index contributed by atoms with van der Waals surface area (Å²) in [6.45, 7) is 2.04. The molecule has 2 aromatic carbocycles. The van der Waals surface area contributed by atoms with Crippen LogP contribution in [0.3, 0.4) is 0 Å². The van der Waals surface area contributed by atoms with Crippen LogP contribution < -0.4 is 5.32 Å². The Morgan fingerprint density at radius 2 is 1.63 bits per heavy atom. The molecule has 0 saturated heterocycles. The van der Waals surface area contributed by atoms with E-state index in [2.05, 4.69) is 5.32 Å². The summed E-state index contributed by atoms with van der Waals surface area (Å²) in [5.74, 6) is -1.31. The first-order chi connectivity index (χ1) is 13.1. The molecule has 0 radical (unpaired) electrons. The van der Waals surface area contributed by atoms with E-state index in [0.717, 1.165) is 18.4 Å². The molecule has 2 rings (SSSR count). The SMILES string of the molecule is CCCCOC(=O)c1ccc(NC(=O)COC(=O)Cc2ccccc2)cc1. The first kappa shape index (κ1) is 20.2. The van der Waals surface area contributed by atoms with E-state index in [0.29, 0.717) is 17.9 Å². The van der Waals surface area contributed by atoms with Crippen molar-refractivity contribution in [3.05, 3.63) is 65.7 Å². The molecular weight excluding hydrogens is 346 g/mol. The molecule has 0 atom stereocenters. The zero-order valence-electron chi connectivity index (χ0n) is 15.3. The number of benzene rings is 2. The van der Waals surface area contributed by atoms with Gasteiger partial charge in [0.15, 0.2) is 6.61 Å². The average Bonchev–Trinajstić information content (AvgIpc) is 2.68. The smallest absolute Gasteiger partial charge is 0.338 e. The van der Waals surface area contributed by atoms with Gasteiger partial charge in [0.05, 0.1) is 18.6 Å². The summed E-state index contributed by atoms with van der Waals surface area (Å²) >= 11 is 0. The highest BCUT2D eigenvalue weighted by Crippen LogP contribution is 2.11. The molecule has 0 fully saturated rings. The van der Waals surface area contributed by atoms with E-state index in [4.69, 9.17) is 9.47 Å². The molecule has 1 N–H and O–H groups in total. The largest absolute Gasteiger partial charge is 0.462 e. The molecule has 0 unspecified atom stereocenters. The van der Waals surface area contributed by atoms with Crippen LogP contribution in [0.25, 0.3) is 0 Å². The van der Waals surface area contributed by atoms with Gasteiger partial charge in [0.1, 0.15) is 0 Å². The van der Waals surface area contributed by atoms with Gasteiger partial charge in [0, 0.05) is 5.69 Å². The molecule has 0 aliphatic carbocycles. The molecule has 1 amide bonds. The van der Waals surface area contributed by atoms with Crippen molar-refractivity contribution in [1.29, 1.82) is 0 Å². The van der Waals surface area contributed by atoms with Crippen LogP contribution in [-0.2, 0) is 25.5 Å². The highest BCUT2D eigenvalue weighted by atomic mass is 16.5. The maximum absolute atomic E-state index is 11.9. The van der Waals surface area contributed by atoms with Crippen LogP contribution in [0.5, 0.6) is 0 Å². The highest BCUT2D eigenvalue weighted by molar-refractivity contribution is 5.94. The van der Waals surface area contributed by atoms with Crippen molar-refractivity contribution < 1.29 is 23.9 Å². The minimum atomic E-state index is -0.471. The summed E-state index contributed by atoms with van der Waals surface area (Å²) < 4.78 is 10.1. The molecule has 27 heavy (non-hydrogen) atoms. The number of carbonyl (C=O) groups excluding carboxylic acids is 3. The number of anilines is 1. The Balaban J connectivity index is 1.75. The van der Waals surface area contributed by atoms with E-state index < -0.39 is 17.8 Å². The summed E-state index contributed by atoms with van der Waals surface area (Å²) in [6.07, 6.45) is 1.89. The molecule has 0 saturated carbocycles. The first-order valence-electron chi connectivity index (χ1n) is 8.85. The predicted molar refractivity (Wildman–Crippen MR) is 101 cm³/mol. The van der Waals surface area contributed by atoms with Gasteiger partial charge >= 0.3 is 11.9 Å². The third-order valence-corrected chi connectivity index (χ3v) is 3.69. The lowest BCUT2D eigenvalue weighted by Gasteiger charge is -2.08. The van der Waals surface area contributed by atoms with Crippen molar-refractivity contribution in [2.24, 2.45) is 0 Å². The van der Waals surface area contributed by atoms with Gasteiger partial charge in [-0.05, 0) is 36.2 Å². The molecule has 0 bridgehead atoms. The number of rotatable bonds is 9. The van der Waals surface area contributed by atoms with Crippen LogP contribution >= 0.6 is 0 Å². The Bertz CT molecular complexity index is 756. The topological polar surface area (TPSA) is 81.7 Å². The van der Waals surface area contributed by atoms with E-state index in [1.807, 2.05) is 37.3 Å². The molecule has 2 aromatic rings. The molecular formula is C21H23NO5. The van der Waals surface area contributed by atoms with E-state index in [1.165, 1.54) is 0 Å². The second-order valence-electron chi connectivity index (χ2n) is 5.94. The van der Waals surface area contributed by atoms with Gasteiger partial charge in [-0.1, -0.05) is 43.7 Å². The van der Waals surface area contributed by atoms with E-state index in [1.54, 1.807) is 24.3 Å². The Morgan fingerprint density at radius 3 is 2.30 bits per heavy atom. The maximum atomic E-state index is 11.9. The van der Waals surface area contributed by atoms with Gasteiger partial charge < -0.3 is 14.8 Å². The van der Waals surface area contributed by atoms with Gasteiger partial charge in [-0.25, -0.2) is 4.79 Å². The van der Waals surface area contributed by atoms with Crippen molar-refractivity contribution in [2.75, 3.05) is 18.5 Å². The molecule has 142 valence electrons. The van der Waals surface area contributed by atoms with E-state index >= 15 is 0 Å². The van der Waals surface area contributed by atoms with Gasteiger partial charge in [0.2, 0.25) is 0 Å². The highest BCUT2D eigenvalue weighted by Gasteiger charge is 2.10. The summed E-state index contributed by atoms with van der Waals surface area (Å²) in [5, 5.41) is 2.61. The Morgan fingerprint density at radius 1 is 0.926 bits per heavy atom. The fraction of sp³-hybridized carbons (Fsp3) is 0.286. The lowest BCUT2D eigenvalue weighted by atomic mass is 10.2. The van der Waals surface area contributed by atoms with Crippen LogP contribution in [0.1, 0.15) is 35.7 Å². The monoisotopic (exact) mass is 369 g/mol. The summed E-state index contributed by atoms with van der Waals surface area (Å²) in [6, 6.07) is 15.5. The number of esters is 2. The lowest BCUT2D eigenvalue weighted by molar-refractivity contribution is -0.146. The van der Waals surface area contributed by atoms with Crippen LogP contribution in [0, 0.1) is 0 Å². The minimum Gasteiger partial charge on any atom is -0.462 e.